The van der Waals surface area contributed by atoms with Crippen LogP contribution in [0.1, 0.15) is 10.4 Å². The lowest BCUT2D eigenvalue weighted by atomic mass is 10.1. The smallest absolute Gasteiger partial charge is 0.293 e. The number of nitrogens with one attached hydrogen (secondary N) is 1. The second-order valence-corrected chi connectivity index (χ2v) is 8.16. The molecule has 1 aliphatic rings. The summed E-state index contributed by atoms with van der Waals surface area (Å²) >= 11 is 6.05. The molecule has 3 aromatic carbocycles. The van der Waals surface area contributed by atoms with Crippen LogP contribution in [0, 0.1) is 10.1 Å². The molecular formula is C24H19ClN4O5. The second-order valence-electron chi connectivity index (χ2n) is 7.73. The number of carbonyl (C=O) groups is 1. The normalized spacial score (nSPS) is 13.7. The zero-order chi connectivity index (χ0) is 23.7. The molecule has 1 aromatic heterocycles. The Morgan fingerprint density at radius 1 is 1.09 bits per heavy atom. The lowest BCUT2D eigenvalue weighted by Gasteiger charge is -2.28. The molecule has 5 rings (SSSR count). The summed E-state index contributed by atoms with van der Waals surface area (Å²) in [5.74, 6) is -0.0511. The van der Waals surface area contributed by atoms with Crippen LogP contribution in [0.5, 0.6) is 0 Å². The highest BCUT2D eigenvalue weighted by atomic mass is 35.5. The Balaban J connectivity index is 1.38. The SMILES string of the molecule is O=C(Nc1ccc2oc(-c3cccc(Cl)c3)nc2c1)c1ccc(N2CCOCC2)c([N+](=O)[O-])c1. The molecule has 0 bridgehead atoms. The molecule has 34 heavy (non-hydrogen) atoms. The van der Waals surface area contributed by atoms with Crippen molar-refractivity contribution in [2.75, 3.05) is 36.5 Å². The number of carbonyl (C=O) groups excluding carboxylic acids is 1. The molecule has 9 nitrogen and oxygen atoms in total. The van der Waals surface area contributed by atoms with E-state index in [0.29, 0.717) is 59.7 Å². The third-order valence-corrected chi connectivity index (χ3v) is 5.74. The predicted molar refractivity (Wildman–Crippen MR) is 129 cm³/mol. The number of amides is 1. The Kier molecular flexibility index (Phi) is 5.87. The van der Waals surface area contributed by atoms with Crippen molar-refractivity contribution >= 4 is 45.7 Å². The van der Waals surface area contributed by atoms with Crippen molar-refractivity contribution < 1.29 is 18.9 Å². The summed E-state index contributed by atoms with van der Waals surface area (Å²) in [6.07, 6.45) is 0. The summed E-state index contributed by atoms with van der Waals surface area (Å²) in [5, 5.41) is 15.0. The van der Waals surface area contributed by atoms with E-state index in [1.165, 1.54) is 6.07 Å². The van der Waals surface area contributed by atoms with E-state index < -0.39 is 10.8 Å². The monoisotopic (exact) mass is 478 g/mol. The molecule has 0 aliphatic carbocycles. The fourth-order valence-corrected chi connectivity index (χ4v) is 4.03. The first kappa shape index (κ1) is 21.9. The standard InChI is InChI=1S/C24H19ClN4O5/c25-17-3-1-2-16(12-17)24-27-19-14-18(5-7-22(19)34-24)26-23(30)15-4-6-20(21(13-15)29(31)32)28-8-10-33-11-9-28/h1-7,12-14H,8-11H2,(H,26,30). The van der Waals surface area contributed by atoms with Crippen LogP contribution in [-0.2, 0) is 4.74 Å². The van der Waals surface area contributed by atoms with Gasteiger partial charge < -0.3 is 19.4 Å². The Morgan fingerprint density at radius 3 is 2.68 bits per heavy atom. The van der Waals surface area contributed by atoms with Crippen LogP contribution in [0.25, 0.3) is 22.6 Å². The summed E-state index contributed by atoms with van der Waals surface area (Å²) < 4.78 is 11.1. The van der Waals surface area contributed by atoms with Gasteiger partial charge in [-0.1, -0.05) is 17.7 Å². The molecule has 1 saturated heterocycles. The van der Waals surface area contributed by atoms with Gasteiger partial charge in [-0.05, 0) is 48.5 Å². The highest BCUT2D eigenvalue weighted by Crippen LogP contribution is 2.31. The Bertz CT molecular complexity index is 1400. The number of ether oxygens (including phenoxy) is 1. The maximum atomic E-state index is 12.9. The Labute approximate surface area is 199 Å². The van der Waals surface area contributed by atoms with Crippen LogP contribution in [0.2, 0.25) is 5.02 Å². The summed E-state index contributed by atoms with van der Waals surface area (Å²) in [6, 6.07) is 16.7. The number of aromatic nitrogens is 1. The van der Waals surface area contributed by atoms with Crippen molar-refractivity contribution in [1.82, 2.24) is 4.98 Å². The lowest BCUT2D eigenvalue weighted by molar-refractivity contribution is -0.384. The largest absolute Gasteiger partial charge is 0.436 e. The fraction of sp³-hybridized carbons (Fsp3) is 0.167. The molecule has 1 amide bonds. The molecule has 1 aliphatic heterocycles. The molecule has 1 fully saturated rings. The molecule has 0 saturated carbocycles. The van der Waals surface area contributed by atoms with Gasteiger partial charge in [-0.25, -0.2) is 4.98 Å². The van der Waals surface area contributed by atoms with E-state index in [2.05, 4.69) is 10.3 Å². The average molecular weight is 479 g/mol. The van der Waals surface area contributed by atoms with Gasteiger partial charge in [0, 0.05) is 41.0 Å². The predicted octanol–water partition coefficient (Wildman–Crippen LogP) is 5.15. The molecule has 2 heterocycles. The molecular weight excluding hydrogens is 460 g/mol. The Morgan fingerprint density at radius 2 is 1.91 bits per heavy atom. The van der Waals surface area contributed by atoms with Gasteiger partial charge in [0.2, 0.25) is 5.89 Å². The topological polar surface area (TPSA) is 111 Å². The number of hydrogen-bond acceptors (Lipinski definition) is 7. The maximum Gasteiger partial charge on any atom is 0.293 e. The number of nitro groups is 1. The number of oxazole rings is 1. The molecule has 0 unspecified atom stereocenters. The number of hydrogen-bond donors (Lipinski definition) is 1. The van der Waals surface area contributed by atoms with Crippen LogP contribution >= 0.6 is 11.6 Å². The van der Waals surface area contributed by atoms with Gasteiger partial charge in [0.15, 0.2) is 5.58 Å². The van der Waals surface area contributed by atoms with Gasteiger partial charge in [-0.3, -0.25) is 14.9 Å². The molecule has 4 aromatic rings. The fourth-order valence-electron chi connectivity index (χ4n) is 3.84. The van der Waals surface area contributed by atoms with Gasteiger partial charge in [0.25, 0.3) is 11.6 Å². The second kappa shape index (κ2) is 9.12. The van der Waals surface area contributed by atoms with Crippen LogP contribution in [-0.4, -0.2) is 42.1 Å². The summed E-state index contributed by atoms with van der Waals surface area (Å²) in [4.78, 5) is 30.4. The van der Waals surface area contributed by atoms with Crippen LogP contribution < -0.4 is 10.2 Å². The van der Waals surface area contributed by atoms with E-state index in [1.807, 2.05) is 17.0 Å². The van der Waals surface area contributed by atoms with Crippen molar-refractivity contribution in [3.05, 3.63) is 81.4 Å². The van der Waals surface area contributed by atoms with Crippen molar-refractivity contribution in [2.45, 2.75) is 0 Å². The zero-order valence-electron chi connectivity index (χ0n) is 17.9. The summed E-state index contributed by atoms with van der Waals surface area (Å²) in [6.45, 7) is 2.12. The minimum absolute atomic E-state index is 0.118. The van der Waals surface area contributed by atoms with Crippen LogP contribution in [0.3, 0.4) is 0 Å². The minimum atomic E-state index is -0.472. The maximum absolute atomic E-state index is 12.9. The summed E-state index contributed by atoms with van der Waals surface area (Å²) in [5.41, 5.74) is 2.88. The number of nitro benzene ring substituents is 1. The number of rotatable bonds is 5. The number of nitrogens with zero attached hydrogens (tertiary/aromatic N) is 3. The molecule has 0 radical (unpaired) electrons. The van der Waals surface area contributed by atoms with Crippen molar-refractivity contribution in [3.63, 3.8) is 0 Å². The van der Waals surface area contributed by atoms with E-state index in [9.17, 15) is 14.9 Å². The first-order chi connectivity index (χ1) is 16.5. The highest BCUT2D eigenvalue weighted by molar-refractivity contribution is 6.30. The van der Waals surface area contributed by atoms with Crippen LogP contribution in [0.4, 0.5) is 17.1 Å². The van der Waals surface area contributed by atoms with Gasteiger partial charge in [-0.2, -0.15) is 0 Å². The number of benzene rings is 3. The first-order valence-corrected chi connectivity index (χ1v) is 10.9. The van der Waals surface area contributed by atoms with Gasteiger partial charge in [-0.15, -0.1) is 0 Å². The van der Waals surface area contributed by atoms with Crippen molar-refractivity contribution in [1.29, 1.82) is 0 Å². The highest BCUT2D eigenvalue weighted by Gasteiger charge is 2.23. The third kappa shape index (κ3) is 4.43. The molecule has 0 spiro atoms. The molecule has 10 heteroatoms. The number of anilines is 2. The number of halogens is 1. The average Bonchev–Trinajstić information content (AvgIpc) is 3.28. The summed E-state index contributed by atoms with van der Waals surface area (Å²) in [7, 11) is 0. The van der Waals surface area contributed by atoms with E-state index in [4.69, 9.17) is 20.8 Å². The van der Waals surface area contributed by atoms with E-state index in [0.717, 1.165) is 5.56 Å². The lowest BCUT2D eigenvalue weighted by Crippen LogP contribution is -2.36. The van der Waals surface area contributed by atoms with Gasteiger partial charge in [0.1, 0.15) is 11.2 Å². The van der Waals surface area contributed by atoms with Crippen molar-refractivity contribution in [3.8, 4) is 11.5 Å². The number of fused-ring (bicyclic) bond motifs is 1. The van der Waals surface area contributed by atoms with Gasteiger partial charge in [0.05, 0.1) is 18.1 Å². The van der Waals surface area contributed by atoms with E-state index in [1.54, 1.807) is 42.5 Å². The zero-order valence-corrected chi connectivity index (χ0v) is 18.6. The Hall–Kier alpha value is -3.95. The third-order valence-electron chi connectivity index (χ3n) is 5.50. The van der Waals surface area contributed by atoms with Crippen molar-refractivity contribution in [2.24, 2.45) is 0 Å². The number of morpholine rings is 1. The quantitative estimate of drug-likeness (QED) is 0.312. The molecule has 0 atom stereocenters. The first-order valence-electron chi connectivity index (χ1n) is 10.6. The van der Waals surface area contributed by atoms with E-state index in [-0.39, 0.29) is 11.3 Å². The molecule has 1 N–H and O–H groups in total. The van der Waals surface area contributed by atoms with Gasteiger partial charge >= 0.3 is 0 Å². The molecule has 172 valence electrons. The minimum Gasteiger partial charge on any atom is -0.436 e. The van der Waals surface area contributed by atoms with E-state index >= 15 is 0 Å². The van der Waals surface area contributed by atoms with Crippen LogP contribution in [0.15, 0.2) is 65.1 Å².